The van der Waals surface area contributed by atoms with Crippen LogP contribution >= 0.6 is 0 Å². The number of guanidine groups is 1. The van der Waals surface area contributed by atoms with Crippen LogP contribution in [0.15, 0.2) is 4.99 Å². The van der Waals surface area contributed by atoms with E-state index in [9.17, 15) is 8.42 Å². The molecule has 4 atom stereocenters. The lowest BCUT2D eigenvalue weighted by molar-refractivity contribution is 0.184. The molecule has 0 spiro atoms. The Labute approximate surface area is 152 Å². The number of hydrogen-bond donors (Lipinski definition) is 1. The van der Waals surface area contributed by atoms with Gasteiger partial charge in [-0.2, -0.15) is 0 Å². The van der Waals surface area contributed by atoms with Gasteiger partial charge in [0.1, 0.15) is 0 Å². The predicted octanol–water partition coefficient (Wildman–Crippen LogP) is 1.38. The number of sulfone groups is 1. The highest BCUT2D eigenvalue weighted by Gasteiger charge is 2.29. The molecule has 0 aromatic carbocycles. The molecule has 3 fully saturated rings. The van der Waals surface area contributed by atoms with Gasteiger partial charge >= 0.3 is 0 Å². The fourth-order valence-corrected chi connectivity index (χ4v) is 5.78. The van der Waals surface area contributed by atoms with Gasteiger partial charge in [-0.05, 0) is 37.0 Å². The number of likely N-dealkylation sites (tertiary alicyclic amines) is 1. The van der Waals surface area contributed by atoms with Gasteiger partial charge in [-0.1, -0.05) is 13.8 Å². The minimum atomic E-state index is -2.83. The van der Waals surface area contributed by atoms with Crippen molar-refractivity contribution in [1.29, 1.82) is 0 Å². The zero-order valence-corrected chi connectivity index (χ0v) is 16.4. The Balaban J connectivity index is 1.61. The zero-order chi connectivity index (χ0) is 17.9. The van der Waals surface area contributed by atoms with Gasteiger partial charge in [0.15, 0.2) is 15.8 Å². The molecule has 0 aromatic rings. The van der Waals surface area contributed by atoms with E-state index >= 15 is 0 Å². The molecule has 0 saturated carbocycles. The third kappa shape index (κ3) is 5.33. The molecular weight excluding hydrogens is 338 g/mol. The Morgan fingerprint density at radius 3 is 2.68 bits per heavy atom. The van der Waals surface area contributed by atoms with Gasteiger partial charge < -0.3 is 15.0 Å². The smallest absolute Gasteiger partial charge is 0.193 e. The Morgan fingerprint density at radius 1 is 1.20 bits per heavy atom. The first-order valence-electron chi connectivity index (χ1n) is 9.74. The molecular formula is C18H33N3O3S. The van der Waals surface area contributed by atoms with Crippen LogP contribution in [0.2, 0.25) is 0 Å². The van der Waals surface area contributed by atoms with Crippen LogP contribution in [0.3, 0.4) is 0 Å². The van der Waals surface area contributed by atoms with E-state index in [1.807, 2.05) is 0 Å². The maximum Gasteiger partial charge on any atom is 0.193 e. The number of hydrogen-bond acceptors (Lipinski definition) is 4. The van der Waals surface area contributed by atoms with Crippen molar-refractivity contribution >= 4 is 15.8 Å². The second kappa shape index (κ2) is 8.25. The average molecular weight is 372 g/mol. The molecule has 7 heteroatoms. The van der Waals surface area contributed by atoms with Gasteiger partial charge in [0, 0.05) is 38.7 Å². The van der Waals surface area contributed by atoms with Crippen molar-refractivity contribution in [2.45, 2.75) is 33.1 Å². The third-order valence-corrected chi connectivity index (χ3v) is 7.87. The molecule has 0 aliphatic carbocycles. The van der Waals surface area contributed by atoms with E-state index in [0.29, 0.717) is 29.9 Å². The Bertz CT molecular complexity index is 572. The monoisotopic (exact) mass is 371 g/mol. The first kappa shape index (κ1) is 19.0. The molecule has 0 aromatic heterocycles. The molecule has 144 valence electrons. The number of nitrogens with one attached hydrogen (secondary N) is 1. The van der Waals surface area contributed by atoms with E-state index in [1.165, 1.54) is 6.42 Å². The summed E-state index contributed by atoms with van der Waals surface area (Å²) in [6, 6.07) is 0. The summed E-state index contributed by atoms with van der Waals surface area (Å²) in [5.74, 6) is 3.73. The van der Waals surface area contributed by atoms with Crippen LogP contribution in [0.1, 0.15) is 33.1 Å². The second-order valence-electron chi connectivity index (χ2n) is 8.23. The largest absolute Gasteiger partial charge is 0.381 e. The first-order chi connectivity index (χ1) is 11.9. The van der Waals surface area contributed by atoms with Crippen molar-refractivity contribution in [3.8, 4) is 0 Å². The third-order valence-electron chi connectivity index (χ3n) is 6.03. The highest BCUT2D eigenvalue weighted by Crippen LogP contribution is 2.23. The Morgan fingerprint density at radius 2 is 2.04 bits per heavy atom. The highest BCUT2D eigenvalue weighted by molar-refractivity contribution is 7.91. The van der Waals surface area contributed by atoms with Crippen LogP contribution in [-0.4, -0.2) is 70.2 Å². The van der Waals surface area contributed by atoms with Crippen LogP contribution in [-0.2, 0) is 14.6 Å². The summed E-state index contributed by atoms with van der Waals surface area (Å²) < 4.78 is 28.8. The molecule has 0 radical (unpaired) electrons. The number of nitrogens with zero attached hydrogens (tertiary/aromatic N) is 2. The number of ether oxygens (including phenoxy) is 1. The molecule has 1 N–H and O–H groups in total. The summed E-state index contributed by atoms with van der Waals surface area (Å²) in [7, 11) is -2.83. The first-order valence-corrected chi connectivity index (χ1v) is 11.6. The SMILES string of the molecule is CC1CCN(C(=NCC2CCS(=O)(=O)C2)NCC2CCOC2)CC1C. The maximum atomic E-state index is 11.7. The summed E-state index contributed by atoms with van der Waals surface area (Å²) in [5, 5.41) is 3.56. The maximum absolute atomic E-state index is 11.7. The minimum Gasteiger partial charge on any atom is -0.381 e. The average Bonchev–Trinajstić information content (AvgIpc) is 3.20. The van der Waals surface area contributed by atoms with Gasteiger partial charge in [-0.3, -0.25) is 4.99 Å². The molecule has 6 nitrogen and oxygen atoms in total. The summed E-state index contributed by atoms with van der Waals surface area (Å²) in [6.07, 6.45) is 3.05. The van der Waals surface area contributed by atoms with Crippen molar-refractivity contribution in [2.75, 3.05) is 50.9 Å². The number of piperidine rings is 1. The molecule has 0 bridgehead atoms. The van der Waals surface area contributed by atoms with Crippen molar-refractivity contribution in [2.24, 2.45) is 28.7 Å². The standard InChI is InChI=1S/C18H33N3O3S/c1-14-3-6-21(11-15(14)2)18(19-9-16-4-7-24-12-16)20-10-17-5-8-25(22,23)13-17/h14-17H,3-13H2,1-2H3,(H,19,20). The fourth-order valence-electron chi connectivity index (χ4n) is 3.93. The number of rotatable bonds is 4. The molecule has 3 aliphatic heterocycles. The van der Waals surface area contributed by atoms with Crippen LogP contribution in [0, 0.1) is 23.7 Å². The highest BCUT2D eigenvalue weighted by atomic mass is 32.2. The Hall–Kier alpha value is -0.820. The van der Waals surface area contributed by atoms with E-state index in [1.54, 1.807) is 0 Å². The molecule has 3 aliphatic rings. The van der Waals surface area contributed by atoms with Gasteiger partial charge in [-0.15, -0.1) is 0 Å². The topological polar surface area (TPSA) is 71.0 Å². The fraction of sp³-hybridized carbons (Fsp3) is 0.944. The van der Waals surface area contributed by atoms with Crippen LogP contribution in [0.4, 0.5) is 0 Å². The van der Waals surface area contributed by atoms with E-state index in [4.69, 9.17) is 9.73 Å². The van der Waals surface area contributed by atoms with Crippen LogP contribution < -0.4 is 5.32 Å². The van der Waals surface area contributed by atoms with Crippen molar-refractivity contribution in [3.05, 3.63) is 0 Å². The van der Waals surface area contributed by atoms with Crippen LogP contribution in [0.5, 0.6) is 0 Å². The van der Waals surface area contributed by atoms with E-state index in [2.05, 4.69) is 24.1 Å². The lowest BCUT2D eigenvalue weighted by Crippen LogP contribution is -2.49. The van der Waals surface area contributed by atoms with Gasteiger partial charge in [-0.25, -0.2) is 8.42 Å². The normalized spacial score (nSPS) is 35.9. The van der Waals surface area contributed by atoms with Crippen molar-refractivity contribution in [1.82, 2.24) is 10.2 Å². The molecule has 3 rings (SSSR count). The minimum absolute atomic E-state index is 0.178. The molecule has 3 heterocycles. The summed E-state index contributed by atoms with van der Waals surface area (Å²) in [6.45, 7) is 9.88. The molecule has 25 heavy (non-hydrogen) atoms. The van der Waals surface area contributed by atoms with Crippen LogP contribution in [0.25, 0.3) is 0 Å². The van der Waals surface area contributed by atoms with Gasteiger partial charge in [0.25, 0.3) is 0 Å². The molecule has 4 unspecified atom stereocenters. The summed E-state index contributed by atoms with van der Waals surface area (Å²) in [4.78, 5) is 7.21. The lowest BCUT2D eigenvalue weighted by Gasteiger charge is -2.37. The lowest BCUT2D eigenvalue weighted by atomic mass is 9.89. The second-order valence-corrected chi connectivity index (χ2v) is 10.5. The van der Waals surface area contributed by atoms with Crippen molar-refractivity contribution < 1.29 is 13.2 Å². The Kier molecular flexibility index (Phi) is 6.25. The molecule has 3 saturated heterocycles. The summed E-state index contributed by atoms with van der Waals surface area (Å²) >= 11 is 0. The van der Waals surface area contributed by atoms with Crippen molar-refractivity contribution in [3.63, 3.8) is 0 Å². The van der Waals surface area contributed by atoms with Gasteiger partial charge in [0.2, 0.25) is 0 Å². The quantitative estimate of drug-likeness (QED) is 0.597. The van der Waals surface area contributed by atoms with Gasteiger partial charge in [0.05, 0.1) is 18.1 Å². The summed E-state index contributed by atoms with van der Waals surface area (Å²) in [5.41, 5.74) is 0. The zero-order valence-electron chi connectivity index (χ0n) is 15.6. The molecule has 0 amide bonds. The van der Waals surface area contributed by atoms with E-state index < -0.39 is 9.84 Å². The predicted molar refractivity (Wildman–Crippen MR) is 101 cm³/mol. The van der Waals surface area contributed by atoms with E-state index in [0.717, 1.165) is 57.6 Å². The number of aliphatic imine (C=N–C) groups is 1. The van der Waals surface area contributed by atoms with E-state index in [-0.39, 0.29) is 5.92 Å².